The molecule has 0 saturated carbocycles. The normalized spacial score (nSPS) is 6.67. The van der Waals surface area contributed by atoms with Crippen molar-refractivity contribution in [3.8, 4) is 11.5 Å². The molecule has 92 valence electrons. The van der Waals surface area contributed by atoms with Gasteiger partial charge in [0.15, 0.2) is 0 Å². The van der Waals surface area contributed by atoms with E-state index in [0.717, 1.165) is 0 Å². The first-order valence-electron chi connectivity index (χ1n) is 4.25. The predicted molar refractivity (Wildman–Crippen MR) is 70.7 cm³/mol. The second-order valence-corrected chi connectivity index (χ2v) is 2.65. The third-order valence-electron chi connectivity index (χ3n) is 1.50. The molecule has 0 heterocycles. The molecule has 0 aliphatic heterocycles. The van der Waals surface area contributed by atoms with Crippen molar-refractivity contribution in [3.05, 3.63) is 60.7 Å². The van der Waals surface area contributed by atoms with E-state index < -0.39 is 0 Å². The zero-order valence-corrected chi connectivity index (χ0v) is 13.6. The van der Waals surface area contributed by atoms with Crippen LogP contribution in [0, 0.1) is 0 Å². The molecule has 2 aromatic rings. The van der Waals surface area contributed by atoms with Crippen LogP contribution < -0.4 is 64.2 Å². The van der Waals surface area contributed by atoms with Gasteiger partial charge in [0.05, 0.1) is 0 Å². The van der Waals surface area contributed by atoms with Gasteiger partial charge in [-0.25, -0.2) is 0 Å². The standard InChI is InChI=1S/2C6H6O.2CH4.2Na.H2.H/c2*7-6-4-2-1-3-5-6;;;;;;/h2*1-5,7H;2*1H4;;;1H;/q;;;;2*+1;;-1/p-1. The molecule has 1 N–H and O–H groups in total. The Labute approximate surface area is 158 Å². The number of phenols is 1. The van der Waals surface area contributed by atoms with Gasteiger partial charge >= 0.3 is 59.1 Å². The SMILES string of the molecule is C.C.Oc1ccccc1.[H-].[HH].[Na+].[Na+].[O-]c1ccccc1. The van der Waals surface area contributed by atoms with E-state index in [1.54, 1.807) is 36.4 Å². The van der Waals surface area contributed by atoms with Crippen LogP contribution in [0.4, 0.5) is 0 Å². The maximum absolute atomic E-state index is 10.3. The quantitative estimate of drug-likeness (QED) is 0.551. The van der Waals surface area contributed by atoms with Crippen LogP contribution in [-0.4, -0.2) is 5.11 Å². The van der Waals surface area contributed by atoms with Crippen molar-refractivity contribution in [2.45, 2.75) is 14.9 Å². The molecular weight excluding hydrogens is 246 g/mol. The van der Waals surface area contributed by atoms with Gasteiger partial charge in [-0.2, -0.15) is 0 Å². The van der Waals surface area contributed by atoms with Gasteiger partial charge in [-0.05, 0) is 12.1 Å². The summed E-state index contributed by atoms with van der Waals surface area (Å²) < 4.78 is 0. The van der Waals surface area contributed by atoms with Crippen molar-refractivity contribution in [1.82, 2.24) is 0 Å². The topological polar surface area (TPSA) is 43.3 Å². The summed E-state index contributed by atoms with van der Waals surface area (Å²) >= 11 is 0. The summed E-state index contributed by atoms with van der Waals surface area (Å²) in [5, 5.41) is 18.9. The molecule has 0 aliphatic rings. The smallest absolute Gasteiger partial charge is 1.00 e. The van der Waals surface area contributed by atoms with Crippen molar-refractivity contribution < 1.29 is 72.2 Å². The van der Waals surface area contributed by atoms with Crippen LogP contribution in [0.1, 0.15) is 17.7 Å². The minimum atomic E-state index is 0. The molecule has 0 radical (unpaired) electrons. The van der Waals surface area contributed by atoms with Gasteiger partial charge in [-0.15, -0.1) is 5.75 Å². The number of rotatable bonds is 0. The summed E-state index contributed by atoms with van der Waals surface area (Å²) in [6, 6.07) is 17.0. The molecule has 0 atom stereocenters. The van der Waals surface area contributed by atoms with E-state index in [2.05, 4.69) is 0 Å². The Kier molecular flexibility index (Phi) is 25.2. The predicted octanol–water partition coefficient (Wildman–Crippen LogP) is -2.21. The Morgan fingerprint density at radius 3 is 1.28 bits per heavy atom. The summed E-state index contributed by atoms with van der Waals surface area (Å²) in [6.07, 6.45) is 0. The Morgan fingerprint density at radius 1 is 0.778 bits per heavy atom. The van der Waals surface area contributed by atoms with Crippen molar-refractivity contribution in [1.29, 1.82) is 0 Å². The number of phenolic OH excluding ortho intramolecular Hbond substituents is 1. The van der Waals surface area contributed by atoms with E-state index in [1.807, 2.05) is 12.1 Å². The number of benzene rings is 2. The average molecular weight is 268 g/mol. The summed E-state index contributed by atoms with van der Waals surface area (Å²) in [7, 11) is 0. The Balaban J connectivity index is -0.0000000377. The molecule has 0 fully saturated rings. The Bertz CT molecular complexity index is 325. The first-order chi connectivity index (χ1) is 6.79. The average Bonchev–Trinajstić information content (AvgIpc) is 2.21. The first kappa shape index (κ1) is 26.6. The van der Waals surface area contributed by atoms with Crippen LogP contribution in [0.5, 0.6) is 11.5 Å². The molecule has 2 aromatic carbocycles. The third kappa shape index (κ3) is 14.1. The molecule has 0 bridgehead atoms. The largest absolute Gasteiger partial charge is 1.00 e. The van der Waals surface area contributed by atoms with E-state index in [0.29, 0.717) is 5.75 Å². The fourth-order valence-electron chi connectivity index (χ4n) is 0.848. The first-order valence-corrected chi connectivity index (χ1v) is 4.25. The van der Waals surface area contributed by atoms with Gasteiger partial charge in [0.25, 0.3) is 0 Å². The number of hydrogen-bond acceptors (Lipinski definition) is 2. The fraction of sp³-hybridized carbons (Fsp3) is 0.143. The van der Waals surface area contributed by atoms with Crippen molar-refractivity contribution >= 4 is 0 Å². The van der Waals surface area contributed by atoms with E-state index in [9.17, 15) is 5.11 Å². The zero-order valence-electron chi connectivity index (χ0n) is 10.6. The van der Waals surface area contributed by atoms with Crippen LogP contribution in [-0.2, 0) is 0 Å². The van der Waals surface area contributed by atoms with Crippen LogP contribution in [0.25, 0.3) is 0 Å². The molecule has 0 unspecified atom stereocenters. The van der Waals surface area contributed by atoms with E-state index in [1.165, 1.54) is 12.1 Å². The van der Waals surface area contributed by atoms with Gasteiger partial charge in [0.2, 0.25) is 0 Å². The maximum Gasteiger partial charge on any atom is 1.00 e. The molecule has 0 saturated heterocycles. The minimum absolute atomic E-state index is 0. The third-order valence-corrected chi connectivity index (χ3v) is 1.50. The zero-order chi connectivity index (χ0) is 10.2. The molecule has 0 aromatic heterocycles. The summed E-state index contributed by atoms with van der Waals surface area (Å²) in [6.45, 7) is 0. The Hall–Kier alpha value is 0.0400. The molecular formula is C14H22Na2O2. The Morgan fingerprint density at radius 2 is 1.11 bits per heavy atom. The minimum Gasteiger partial charge on any atom is -1.00 e. The van der Waals surface area contributed by atoms with E-state index >= 15 is 0 Å². The molecule has 0 amide bonds. The number of para-hydroxylation sites is 2. The molecule has 2 rings (SSSR count). The number of hydrogen-bond donors (Lipinski definition) is 1. The van der Waals surface area contributed by atoms with Gasteiger partial charge in [-0.1, -0.05) is 63.4 Å². The van der Waals surface area contributed by atoms with Gasteiger partial charge in [-0.3, -0.25) is 0 Å². The van der Waals surface area contributed by atoms with Gasteiger partial charge < -0.3 is 11.6 Å². The van der Waals surface area contributed by atoms with Crippen molar-refractivity contribution in [2.24, 2.45) is 0 Å². The summed E-state index contributed by atoms with van der Waals surface area (Å²) in [4.78, 5) is 0. The van der Waals surface area contributed by atoms with E-state index in [-0.39, 0.29) is 82.6 Å². The summed E-state index contributed by atoms with van der Waals surface area (Å²) in [5.41, 5.74) is 0. The van der Waals surface area contributed by atoms with Crippen LogP contribution in [0.3, 0.4) is 0 Å². The molecule has 0 aliphatic carbocycles. The van der Waals surface area contributed by atoms with Crippen molar-refractivity contribution in [2.75, 3.05) is 0 Å². The van der Waals surface area contributed by atoms with Gasteiger partial charge in [0, 0.05) is 1.43 Å². The maximum atomic E-state index is 10.3. The second-order valence-electron chi connectivity index (χ2n) is 2.65. The van der Waals surface area contributed by atoms with E-state index in [4.69, 9.17) is 5.11 Å². The van der Waals surface area contributed by atoms with Crippen molar-refractivity contribution in [3.63, 3.8) is 0 Å². The second kappa shape index (κ2) is 17.0. The molecule has 4 heteroatoms. The van der Waals surface area contributed by atoms with Gasteiger partial charge in [0.1, 0.15) is 5.75 Å². The number of aromatic hydroxyl groups is 1. The molecule has 18 heavy (non-hydrogen) atoms. The molecule has 2 nitrogen and oxygen atoms in total. The summed E-state index contributed by atoms with van der Waals surface area (Å²) in [5.74, 6) is 0.394. The monoisotopic (exact) mass is 268 g/mol. The van der Waals surface area contributed by atoms with Crippen LogP contribution in [0.2, 0.25) is 0 Å². The van der Waals surface area contributed by atoms with Crippen LogP contribution >= 0.6 is 0 Å². The fourth-order valence-corrected chi connectivity index (χ4v) is 0.848. The molecule has 0 spiro atoms. The van der Waals surface area contributed by atoms with Crippen LogP contribution in [0.15, 0.2) is 60.7 Å².